The second kappa shape index (κ2) is 4.52. The van der Waals surface area contributed by atoms with Crippen molar-refractivity contribution in [3.05, 3.63) is 29.7 Å². The molecular weight excluding hydrogens is 226 g/mol. The summed E-state index contributed by atoms with van der Waals surface area (Å²) in [5, 5.41) is 4.26. The van der Waals surface area contributed by atoms with E-state index in [0.29, 0.717) is 17.2 Å². The van der Waals surface area contributed by atoms with Gasteiger partial charge in [0, 0.05) is 0 Å². The largest absolute Gasteiger partial charge is 0.464 e. The van der Waals surface area contributed by atoms with Crippen molar-refractivity contribution in [3.63, 3.8) is 0 Å². The average molecular weight is 237 g/mol. The number of rotatable bonds is 3. The molecular formula is C10H11N3O2S. The molecule has 2 aromatic heterocycles. The Bertz CT molecular complexity index is 524. The molecule has 84 valence electrons. The number of nitrogens with zero attached hydrogens (tertiary/aromatic N) is 3. The molecule has 6 heteroatoms. The van der Waals surface area contributed by atoms with E-state index < -0.39 is 5.97 Å². The number of carbonyl (C=O) groups is 1. The van der Waals surface area contributed by atoms with Crippen LogP contribution < -0.4 is 0 Å². The zero-order valence-electron chi connectivity index (χ0n) is 9.01. The van der Waals surface area contributed by atoms with Crippen molar-refractivity contribution in [2.75, 3.05) is 13.4 Å². The number of aromatic nitrogens is 3. The van der Waals surface area contributed by atoms with Crippen LogP contribution in [0.4, 0.5) is 0 Å². The Labute approximate surface area is 96.8 Å². The molecule has 0 fully saturated rings. The summed E-state index contributed by atoms with van der Waals surface area (Å²) >= 11 is 1.64. The van der Waals surface area contributed by atoms with Gasteiger partial charge in [-0.2, -0.15) is 11.8 Å². The molecule has 0 bridgehead atoms. The van der Waals surface area contributed by atoms with E-state index in [2.05, 4.69) is 14.8 Å². The zero-order chi connectivity index (χ0) is 11.5. The van der Waals surface area contributed by atoms with Crippen molar-refractivity contribution in [2.45, 2.75) is 5.75 Å². The second-order valence-electron chi connectivity index (χ2n) is 3.13. The fourth-order valence-corrected chi connectivity index (χ4v) is 1.78. The Balaban J connectivity index is 2.54. The van der Waals surface area contributed by atoms with Gasteiger partial charge in [-0.05, 0) is 18.4 Å². The van der Waals surface area contributed by atoms with Gasteiger partial charge in [0.25, 0.3) is 0 Å². The normalized spacial score (nSPS) is 10.6. The van der Waals surface area contributed by atoms with Crippen molar-refractivity contribution in [1.82, 2.24) is 14.6 Å². The predicted molar refractivity (Wildman–Crippen MR) is 61.5 cm³/mol. The standard InChI is InChI=1S/C10H11N3O2S/c1-15-10(14)7-4-3-5-9-11-8(6-16-2)12-13(7)9/h3-5H,6H2,1-2H3. The number of carbonyl (C=O) groups excluding carboxylic acids is 1. The van der Waals surface area contributed by atoms with Crippen LogP contribution in [0.3, 0.4) is 0 Å². The quantitative estimate of drug-likeness (QED) is 0.755. The molecule has 5 nitrogen and oxygen atoms in total. The highest BCUT2D eigenvalue weighted by Crippen LogP contribution is 2.10. The molecule has 0 aliphatic rings. The second-order valence-corrected chi connectivity index (χ2v) is 4.00. The minimum Gasteiger partial charge on any atom is -0.464 e. The number of thioether (sulfide) groups is 1. The topological polar surface area (TPSA) is 56.5 Å². The Kier molecular flexibility index (Phi) is 3.09. The Morgan fingerprint density at radius 3 is 3.06 bits per heavy atom. The van der Waals surface area contributed by atoms with Crippen LogP contribution in [0.2, 0.25) is 0 Å². The molecule has 0 atom stereocenters. The van der Waals surface area contributed by atoms with Gasteiger partial charge in [0.2, 0.25) is 0 Å². The van der Waals surface area contributed by atoms with E-state index in [9.17, 15) is 4.79 Å². The lowest BCUT2D eigenvalue weighted by molar-refractivity contribution is 0.0591. The van der Waals surface area contributed by atoms with E-state index in [-0.39, 0.29) is 0 Å². The number of methoxy groups -OCH3 is 1. The zero-order valence-corrected chi connectivity index (χ0v) is 9.82. The van der Waals surface area contributed by atoms with Crippen LogP contribution >= 0.6 is 11.8 Å². The molecule has 0 aliphatic heterocycles. The number of esters is 1. The van der Waals surface area contributed by atoms with Crippen LogP contribution in [0, 0.1) is 0 Å². The maximum Gasteiger partial charge on any atom is 0.356 e. The molecule has 0 saturated heterocycles. The minimum atomic E-state index is -0.411. The lowest BCUT2D eigenvalue weighted by atomic mass is 10.3. The average Bonchev–Trinajstić information content (AvgIpc) is 2.70. The van der Waals surface area contributed by atoms with Crippen LogP contribution in [0.25, 0.3) is 5.65 Å². The van der Waals surface area contributed by atoms with Crippen LogP contribution in [-0.4, -0.2) is 33.9 Å². The highest BCUT2D eigenvalue weighted by atomic mass is 32.2. The lowest BCUT2D eigenvalue weighted by Crippen LogP contribution is -2.08. The summed E-state index contributed by atoms with van der Waals surface area (Å²) in [6.45, 7) is 0. The summed E-state index contributed by atoms with van der Waals surface area (Å²) in [6.07, 6.45) is 1.98. The van der Waals surface area contributed by atoms with Gasteiger partial charge in [0.15, 0.2) is 17.2 Å². The number of fused-ring (bicyclic) bond motifs is 1. The SMILES string of the molecule is COC(=O)c1cccc2nc(CSC)nn12. The number of ether oxygens (including phenoxy) is 1. The van der Waals surface area contributed by atoms with Crippen molar-refractivity contribution >= 4 is 23.4 Å². The summed E-state index contributed by atoms with van der Waals surface area (Å²) < 4.78 is 6.19. The van der Waals surface area contributed by atoms with E-state index in [1.165, 1.54) is 11.6 Å². The van der Waals surface area contributed by atoms with E-state index >= 15 is 0 Å². The Morgan fingerprint density at radius 2 is 2.38 bits per heavy atom. The van der Waals surface area contributed by atoms with E-state index in [1.54, 1.807) is 23.9 Å². The molecule has 0 unspecified atom stereocenters. The maximum absolute atomic E-state index is 11.5. The lowest BCUT2D eigenvalue weighted by Gasteiger charge is -2.00. The molecule has 0 saturated carbocycles. The van der Waals surface area contributed by atoms with Gasteiger partial charge in [-0.15, -0.1) is 5.10 Å². The van der Waals surface area contributed by atoms with E-state index in [1.807, 2.05) is 12.3 Å². The number of pyridine rings is 1. The Hall–Kier alpha value is -1.56. The molecule has 16 heavy (non-hydrogen) atoms. The first-order chi connectivity index (χ1) is 7.76. The molecule has 2 heterocycles. The molecule has 0 radical (unpaired) electrons. The summed E-state index contributed by atoms with van der Waals surface area (Å²) in [4.78, 5) is 15.8. The fraction of sp³-hybridized carbons (Fsp3) is 0.300. The third-order valence-electron chi connectivity index (χ3n) is 2.07. The van der Waals surface area contributed by atoms with Crippen LogP contribution in [-0.2, 0) is 10.5 Å². The summed E-state index contributed by atoms with van der Waals surface area (Å²) in [5.74, 6) is 1.03. The van der Waals surface area contributed by atoms with Crippen molar-refractivity contribution in [2.24, 2.45) is 0 Å². The molecule has 2 rings (SSSR count). The van der Waals surface area contributed by atoms with Crippen molar-refractivity contribution < 1.29 is 9.53 Å². The third kappa shape index (κ3) is 1.88. The molecule has 0 spiro atoms. The van der Waals surface area contributed by atoms with Crippen LogP contribution in [0.5, 0.6) is 0 Å². The first kappa shape index (κ1) is 10.9. The van der Waals surface area contributed by atoms with Gasteiger partial charge < -0.3 is 4.74 Å². The molecule has 0 aliphatic carbocycles. The number of hydrogen-bond acceptors (Lipinski definition) is 5. The smallest absolute Gasteiger partial charge is 0.356 e. The van der Waals surface area contributed by atoms with Crippen molar-refractivity contribution in [1.29, 1.82) is 0 Å². The summed E-state index contributed by atoms with van der Waals surface area (Å²) in [5.41, 5.74) is 1.05. The highest BCUT2D eigenvalue weighted by Gasteiger charge is 2.12. The monoisotopic (exact) mass is 237 g/mol. The number of hydrogen-bond donors (Lipinski definition) is 0. The molecule has 2 aromatic rings. The third-order valence-corrected chi connectivity index (χ3v) is 2.62. The van der Waals surface area contributed by atoms with E-state index in [0.717, 1.165) is 5.75 Å². The molecule has 0 aromatic carbocycles. The minimum absolute atomic E-state index is 0.389. The summed E-state index contributed by atoms with van der Waals surface area (Å²) in [7, 11) is 1.35. The van der Waals surface area contributed by atoms with Crippen LogP contribution in [0.15, 0.2) is 18.2 Å². The van der Waals surface area contributed by atoms with Gasteiger partial charge in [0.1, 0.15) is 0 Å². The van der Waals surface area contributed by atoms with Gasteiger partial charge in [-0.1, -0.05) is 6.07 Å². The van der Waals surface area contributed by atoms with Gasteiger partial charge in [0.05, 0.1) is 12.9 Å². The van der Waals surface area contributed by atoms with E-state index in [4.69, 9.17) is 0 Å². The van der Waals surface area contributed by atoms with Crippen LogP contribution in [0.1, 0.15) is 16.3 Å². The predicted octanol–water partition coefficient (Wildman–Crippen LogP) is 1.38. The van der Waals surface area contributed by atoms with Crippen molar-refractivity contribution in [3.8, 4) is 0 Å². The fourth-order valence-electron chi connectivity index (χ4n) is 1.40. The summed E-state index contributed by atoms with van der Waals surface area (Å²) in [6, 6.07) is 5.23. The molecule has 0 N–H and O–H groups in total. The van der Waals surface area contributed by atoms with Gasteiger partial charge in [-0.25, -0.2) is 14.3 Å². The van der Waals surface area contributed by atoms with Gasteiger partial charge >= 0.3 is 5.97 Å². The first-order valence-corrected chi connectivity index (χ1v) is 6.07. The van der Waals surface area contributed by atoms with Gasteiger partial charge in [-0.3, -0.25) is 0 Å². The first-order valence-electron chi connectivity index (χ1n) is 4.68. The maximum atomic E-state index is 11.5. The Morgan fingerprint density at radius 1 is 1.56 bits per heavy atom. The molecule has 0 amide bonds. The highest BCUT2D eigenvalue weighted by molar-refractivity contribution is 7.97.